The van der Waals surface area contributed by atoms with Crippen molar-refractivity contribution in [2.24, 2.45) is 0 Å². The molecular weight excluding hydrogens is 263 g/mol. The molecule has 1 fully saturated rings. The van der Waals surface area contributed by atoms with E-state index in [1.54, 1.807) is 0 Å². The van der Waals surface area contributed by atoms with E-state index in [1.165, 1.54) is 0 Å². The van der Waals surface area contributed by atoms with Gasteiger partial charge in [-0.25, -0.2) is 0 Å². The summed E-state index contributed by atoms with van der Waals surface area (Å²) in [5.74, 6) is 0. The molecule has 5 heteroatoms. The van der Waals surface area contributed by atoms with E-state index >= 15 is 0 Å². The van der Waals surface area contributed by atoms with E-state index in [1.807, 2.05) is 64.9 Å². The molecule has 0 amide bonds. The Labute approximate surface area is 127 Å². The van der Waals surface area contributed by atoms with Crippen LogP contribution in [-0.2, 0) is 15.9 Å². The molecule has 1 heterocycles. The third-order valence-electron chi connectivity index (χ3n) is 4.27. The molecular formula is C16H23BN2O2. The summed E-state index contributed by atoms with van der Waals surface area (Å²) in [6, 6.07) is 8.12. The van der Waals surface area contributed by atoms with Crippen LogP contribution in [0.1, 0.15) is 38.8 Å². The smallest absolute Gasteiger partial charge is 0.399 e. The number of rotatable bonds is 3. The lowest BCUT2D eigenvalue weighted by atomic mass is 9.78. The van der Waals surface area contributed by atoms with Crippen molar-refractivity contribution in [3.05, 3.63) is 29.3 Å². The molecule has 21 heavy (non-hydrogen) atoms. The van der Waals surface area contributed by atoms with Gasteiger partial charge in [0.1, 0.15) is 0 Å². The molecule has 1 aliphatic heterocycles. The van der Waals surface area contributed by atoms with Gasteiger partial charge in [0.05, 0.1) is 22.8 Å². The summed E-state index contributed by atoms with van der Waals surface area (Å²) in [4.78, 5) is 2.05. The summed E-state index contributed by atoms with van der Waals surface area (Å²) in [6.07, 6.45) is 0. The number of benzene rings is 1. The van der Waals surface area contributed by atoms with Crippen LogP contribution in [0.15, 0.2) is 18.2 Å². The molecule has 0 bridgehead atoms. The van der Waals surface area contributed by atoms with Crippen LogP contribution in [0, 0.1) is 11.3 Å². The Morgan fingerprint density at radius 2 is 1.71 bits per heavy atom. The van der Waals surface area contributed by atoms with Gasteiger partial charge >= 0.3 is 7.12 Å². The monoisotopic (exact) mass is 286 g/mol. The fourth-order valence-electron chi connectivity index (χ4n) is 2.30. The summed E-state index contributed by atoms with van der Waals surface area (Å²) in [7, 11) is 3.56. The van der Waals surface area contributed by atoms with Crippen molar-refractivity contribution in [1.82, 2.24) is 4.90 Å². The summed E-state index contributed by atoms with van der Waals surface area (Å²) in [6.45, 7) is 8.85. The molecule has 0 aliphatic carbocycles. The number of nitriles is 1. The maximum absolute atomic E-state index is 9.35. The van der Waals surface area contributed by atoms with Crippen LogP contribution in [-0.4, -0.2) is 37.3 Å². The van der Waals surface area contributed by atoms with E-state index < -0.39 is 7.12 Å². The second-order valence-corrected chi connectivity index (χ2v) is 6.85. The minimum atomic E-state index is -0.421. The van der Waals surface area contributed by atoms with E-state index in [-0.39, 0.29) is 11.2 Å². The van der Waals surface area contributed by atoms with Crippen molar-refractivity contribution in [3.8, 4) is 6.07 Å². The van der Waals surface area contributed by atoms with Crippen molar-refractivity contribution in [1.29, 1.82) is 5.26 Å². The lowest BCUT2D eigenvalue weighted by molar-refractivity contribution is 0.00578. The van der Waals surface area contributed by atoms with Crippen LogP contribution in [0.2, 0.25) is 0 Å². The Balaban J connectivity index is 2.29. The lowest BCUT2D eigenvalue weighted by Gasteiger charge is -2.32. The van der Waals surface area contributed by atoms with Gasteiger partial charge in [-0.1, -0.05) is 12.1 Å². The fraction of sp³-hybridized carbons (Fsp3) is 0.562. The summed E-state index contributed by atoms with van der Waals surface area (Å²) >= 11 is 0. The molecule has 0 unspecified atom stereocenters. The Morgan fingerprint density at radius 1 is 1.14 bits per heavy atom. The Bertz CT molecular complexity index is 560. The van der Waals surface area contributed by atoms with E-state index in [4.69, 9.17) is 9.31 Å². The highest BCUT2D eigenvalue weighted by Gasteiger charge is 2.51. The predicted molar refractivity (Wildman–Crippen MR) is 84.3 cm³/mol. The van der Waals surface area contributed by atoms with Crippen molar-refractivity contribution < 1.29 is 9.31 Å². The highest BCUT2D eigenvalue weighted by atomic mass is 16.7. The zero-order valence-corrected chi connectivity index (χ0v) is 13.7. The second kappa shape index (κ2) is 5.45. The van der Waals surface area contributed by atoms with Crippen LogP contribution < -0.4 is 5.46 Å². The van der Waals surface area contributed by atoms with Gasteiger partial charge in [0.25, 0.3) is 0 Å². The first-order chi connectivity index (χ1) is 9.66. The molecule has 112 valence electrons. The lowest BCUT2D eigenvalue weighted by Crippen LogP contribution is -2.41. The highest BCUT2D eigenvalue weighted by Crippen LogP contribution is 2.36. The van der Waals surface area contributed by atoms with Crippen molar-refractivity contribution >= 4 is 12.6 Å². The summed E-state index contributed by atoms with van der Waals surface area (Å²) < 4.78 is 12.1. The van der Waals surface area contributed by atoms with Gasteiger partial charge in [-0.3, -0.25) is 0 Å². The van der Waals surface area contributed by atoms with Crippen molar-refractivity contribution in [2.75, 3.05) is 14.1 Å². The maximum atomic E-state index is 9.35. The van der Waals surface area contributed by atoms with Gasteiger partial charge in [-0.2, -0.15) is 5.26 Å². The number of hydrogen-bond acceptors (Lipinski definition) is 4. The summed E-state index contributed by atoms with van der Waals surface area (Å²) in [5, 5.41) is 9.35. The highest BCUT2D eigenvalue weighted by molar-refractivity contribution is 6.62. The molecule has 4 nitrogen and oxygen atoms in total. The van der Waals surface area contributed by atoms with Crippen LogP contribution in [0.25, 0.3) is 0 Å². The molecule has 1 aromatic carbocycles. The average molecular weight is 286 g/mol. The SMILES string of the molecule is CN(C)Cc1ccc(B2OC(C)(C)C(C)(C)O2)cc1C#N. The van der Waals surface area contributed by atoms with E-state index in [2.05, 4.69) is 6.07 Å². The van der Waals surface area contributed by atoms with Gasteiger partial charge in [-0.05, 0) is 58.9 Å². The summed E-state index contributed by atoms with van der Waals surface area (Å²) in [5.41, 5.74) is 1.85. The molecule has 0 atom stereocenters. The zero-order chi connectivity index (χ0) is 15.8. The largest absolute Gasteiger partial charge is 0.494 e. The van der Waals surface area contributed by atoms with Gasteiger partial charge in [0, 0.05) is 6.54 Å². The molecule has 1 aromatic rings. The molecule has 0 spiro atoms. The normalized spacial score (nSPS) is 19.8. The maximum Gasteiger partial charge on any atom is 0.494 e. The predicted octanol–water partition coefficient (Wildman–Crippen LogP) is 1.92. The Morgan fingerprint density at radius 3 is 2.19 bits per heavy atom. The topological polar surface area (TPSA) is 45.5 Å². The van der Waals surface area contributed by atoms with Crippen LogP contribution >= 0.6 is 0 Å². The first-order valence-electron chi connectivity index (χ1n) is 7.19. The first kappa shape index (κ1) is 16.0. The Kier molecular flexibility index (Phi) is 4.16. The van der Waals surface area contributed by atoms with E-state index in [0.29, 0.717) is 5.56 Å². The molecule has 0 aromatic heterocycles. The zero-order valence-electron chi connectivity index (χ0n) is 13.7. The molecule has 1 saturated heterocycles. The first-order valence-corrected chi connectivity index (χ1v) is 7.19. The molecule has 1 aliphatic rings. The molecule has 0 saturated carbocycles. The van der Waals surface area contributed by atoms with E-state index in [0.717, 1.165) is 17.6 Å². The Hall–Kier alpha value is -1.35. The van der Waals surface area contributed by atoms with Crippen LogP contribution in [0.4, 0.5) is 0 Å². The quantitative estimate of drug-likeness (QED) is 0.796. The van der Waals surface area contributed by atoms with E-state index in [9.17, 15) is 5.26 Å². The van der Waals surface area contributed by atoms with Crippen molar-refractivity contribution in [2.45, 2.75) is 45.4 Å². The van der Waals surface area contributed by atoms with Gasteiger partial charge in [0.2, 0.25) is 0 Å². The average Bonchev–Trinajstić information content (AvgIpc) is 2.58. The van der Waals surface area contributed by atoms with Gasteiger partial charge in [0.15, 0.2) is 0 Å². The van der Waals surface area contributed by atoms with Gasteiger partial charge in [-0.15, -0.1) is 0 Å². The third-order valence-corrected chi connectivity index (χ3v) is 4.27. The molecule has 0 radical (unpaired) electrons. The number of hydrogen-bond donors (Lipinski definition) is 0. The minimum absolute atomic E-state index is 0.368. The minimum Gasteiger partial charge on any atom is -0.399 e. The number of nitrogens with zero attached hydrogens (tertiary/aromatic N) is 2. The molecule has 0 N–H and O–H groups in total. The molecule has 2 rings (SSSR count). The third kappa shape index (κ3) is 3.13. The van der Waals surface area contributed by atoms with Crippen LogP contribution in [0.5, 0.6) is 0 Å². The van der Waals surface area contributed by atoms with Crippen LogP contribution in [0.3, 0.4) is 0 Å². The fourth-order valence-corrected chi connectivity index (χ4v) is 2.30. The van der Waals surface area contributed by atoms with Crippen molar-refractivity contribution in [3.63, 3.8) is 0 Å². The standard InChI is InChI=1S/C16H23BN2O2/c1-15(2)16(3,4)21-17(20-15)14-8-7-12(11-19(5)6)13(9-14)10-18/h7-9H,11H2,1-6H3. The van der Waals surface area contributed by atoms with Gasteiger partial charge < -0.3 is 14.2 Å². The second-order valence-electron chi connectivity index (χ2n) is 6.85.